The van der Waals surface area contributed by atoms with Gasteiger partial charge < -0.3 is 4.57 Å². The molecular weight excluding hydrogens is 337 g/mol. The van der Waals surface area contributed by atoms with Gasteiger partial charge in [-0.2, -0.15) is 0 Å². The maximum atomic E-state index is 12.3. The minimum atomic E-state index is -0.362. The first kappa shape index (κ1) is 17.0. The summed E-state index contributed by atoms with van der Waals surface area (Å²) in [5.74, 6) is 0. The van der Waals surface area contributed by atoms with Gasteiger partial charge in [-0.3, -0.25) is 0 Å². The molecule has 0 radical (unpaired) electrons. The average molecular weight is 360 g/mol. The molecule has 3 heteroatoms. The molecule has 26 heavy (non-hydrogen) atoms. The summed E-state index contributed by atoms with van der Waals surface area (Å²) >= 11 is 0. The van der Waals surface area contributed by atoms with Crippen molar-refractivity contribution in [1.29, 1.82) is 0 Å². The van der Waals surface area contributed by atoms with Gasteiger partial charge in [0.05, 0.1) is 16.7 Å². The van der Waals surface area contributed by atoms with Crippen molar-refractivity contribution in [2.24, 2.45) is 0 Å². The zero-order chi connectivity index (χ0) is 18.1. The van der Waals surface area contributed by atoms with Crippen LogP contribution in [0.15, 0.2) is 72.8 Å². The fourth-order valence-corrected chi connectivity index (χ4v) is 4.70. The highest BCUT2D eigenvalue weighted by atomic mass is 31.1. The summed E-state index contributed by atoms with van der Waals surface area (Å²) in [6, 6.07) is 25.5. The van der Waals surface area contributed by atoms with E-state index in [2.05, 4.69) is 91.2 Å². The Morgan fingerprint density at radius 3 is 1.81 bits per heavy atom. The van der Waals surface area contributed by atoms with Crippen LogP contribution in [0.1, 0.15) is 32.3 Å². The highest BCUT2D eigenvalue weighted by molar-refractivity contribution is 7.25. The zero-order valence-corrected chi connectivity index (χ0v) is 16.2. The Kier molecular flexibility index (Phi) is 4.38. The van der Waals surface area contributed by atoms with Crippen molar-refractivity contribution in [1.82, 2.24) is 4.57 Å². The van der Waals surface area contributed by atoms with Crippen molar-refractivity contribution in [2.75, 3.05) is 0 Å². The van der Waals surface area contributed by atoms with Crippen LogP contribution in [0.4, 0.5) is 0 Å². The fraction of sp³-hybridized carbons (Fsp3) is 0.217. The average Bonchev–Trinajstić information content (AvgIpc) is 3.05. The summed E-state index contributed by atoms with van der Waals surface area (Å²) in [6.45, 7) is 4.27. The van der Waals surface area contributed by atoms with E-state index in [1.165, 1.54) is 27.4 Å². The smallest absolute Gasteiger partial charge is 0.309 e. The lowest BCUT2D eigenvalue weighted by atomic mass is 9.91. The Bertz CT molecular complexity index is 1040. The van der Waals surface area contributed by atoms with E-state index in [9.17, 15) is 4.57 Å². The number of hydrogen-bond acceptors (Lipinski definition) is 1. The predicted molar refractivity (Wildman–Crippen MR) is 112 cm³/mol. The van der Waals surface area contributed by atoms with E-state index in [0.29, 0.717) is 0 Å². The lowest BCUT2D eigenvalue weighted by Gasteiger charge is -2.22. The van der Waals surface area contributed by atoms with E-state index in [1.807, 2.05) is 0 Å². The Labute approximate surface area is 155 Å². The van der Waals surface area contributed by atoms with E-state index in [4.69, 9.17) is 0 Å². The highest BCUT2D eigenvalue weighted by Crippen LogP contribution is 2.45. The normalized spacial score (nSPS) is 12.2. The van der Waals surface area contributed by atoms with Crippen LogP contribution in [0.25, 0.3) is 27.5 Å². The molecule has 0 bridgehead atoms. The van der Waals surface area contributed by atoms with Gasteiger partial charge in [-0.05, 0) is 31.0 Å². The largest absolute Gasteiger partial charge is 0.335 e. The number of nitrogens with zero attached hydrogens (tertiary/aromatic N) is 1. The van der Waals surface area contributed by atoms with Crippen molar-refractivity contribution in [3.8, 4) is 5.69 Å². The summed E-state index contributed by atoms with van der Waals surface area (Å²) in [7, 11) is -0.362. The molecule has 130 valence electrons. The Balaban J connectivity index is 2.14. The molecule has 0 aliphatic rings. The third-order valence-electron chi connectivity index (χ3n) is 5.64. The van der Waals surface area contributed by atoms with Crippen molar-refractivity contribution < 1.29 is 4.57 Å². The molecule has 1 heterocycles. The van der Waals surface area contributed by atoms with Crippen LogP contribution in [0.2, 0.25) is 0 Å². The van der Waals surface area contributed by atoms with Crippen molar-refractivity contribution >= 4 is 30.3 Å². The SMILES string of the molecule is CCC(CC)([PH+]=O)c1ccccc1-n1c2ccccc2c2ccccc21. The molecule has 1 aromatic heterocycles. The monoisotopic (exact) mass is 360 g/mol. The molecule has 0 spiro atoms. The van der Waals surface area contributed by atoms with Crippen LogP contribution < -0.4 is 0 Å². The molecule has 0 N–H and O–H groups in total. The Morgan fingerprint density at radius 1 is 0.769 bits per heavy atom. The van der Waals surface area contributed by atoms with Gasteiger partial charge in [0.2, 0.25) is 0 Å². The van der Waals surface area contributed by atoms with Gasteiger partial charge in [-0.1, -0.05) is 73.0 Å². The molecule has 1 atom stereocenters. The van der Waals surface area contributed by atoms with Crippen LogP contribution in [-0.2, 0) is 9.72 Å². The van der Waals surface area contributed by atoms with Crippen LogP contribution >= 0.6 is 8.46 Å². The third-order valence-corrected chi connectivity index (χ3v) is 7.01. The summed E-state index contributed by atoms with van der Waals surface area (Å²) in [5.41, 5.74) is 4.69. The second-order valence-corrected chi connectivity index (χ2v) is 7.94. The zero-order valence-electron chi connectivity index (χ0n) is 15.2. The number of fused-ring (bicyclic) bond motifs is 3. The van der Waals surface area contributed by atoms with Crippen molar-refractivity contribution in [3.05, 3.63) is 78.4 Å². The summed E-state index contributed by atoms with van der Waals surface area (Å²) in [4.78, 5) is 0. The number of aromatic nitrogens is 1. The minimum Gasteiger partial charge on any atom is -0.309 e. The quantitative estimate of drug-likeness (QED) is 0.358. The second kappa shape index (κ2) is 6.70. The van der Waals surface area contributed by atoms with Crippen molar-refractivity contribution in [3.63, 3.8) is 0 Å². The molecule has 0 aliphatic carbocycles. The summed E-state index contributed by atoms with van der Waals surface area (Å²) in [6.07, 6.45) is 1.72. The van der Waals surface area contributed by atoms with Crippen LogP contribution in [0, 0.1) is 0 Å². The molecule has 0 saturated carbocycles. The van der Waals surface area contributed by atoms with Gasteiger partial charge in [0.25, 0.3) is 0 Å². The molecule has 0 saturated heterocycles. The maximum Gasteiger partial charge on any atom is 0.335 e. The van der Waals surface area contributed by atoms with Crippen LogP contribution in [-0.4, -0.2) is 4.57 Å². The first-order valence-corrected chi connectivity index (χ1v) is 10.1. The molecular formula is C23H23NOP+. The lowest BCUT2D eigenvalue weighted by Crippen LogP contribution is -2.19. The number of benzene rings is 3. The van der Waals surface area contributed by atoms with E-state index < -0.39 is 0 Å². The summed E-state index contributed by atoms with van der Waals surface area (Å²) < 4.78 is 14.6. The lowest BCUT2D eigenvalue weighted by molar-refractivity contribution is 0.521. The van der Waals surface area contributed by atoms with E-state index in [1.54, 1.807) is 0 Å². The van der Waals surface area contributed by atoms with Gasteiger partial charge in [0, 0.05) is 16.3 Å². The van der Waals surface area contributed by atoms with Crippen LogP contribution in [0.3, 0.4) is 0 Å². The van der Waals surface area contributed by atoms with Gasteiger partial charge in [0.15, 0.2) is 5.16 Å². The Morgan fingerprint density at radius 2 is 1.27 bits per heavy atom. The first-order chi connectivity index (χ1) is 12.8. The number of para-hydroxylation sites is 3. The molecule has 4 rings (SSSR count). The molecule has 4 aromatic rings. The molecule has 0 fully saturated rings. The van der Waals surface area contributed by atoms with Gasteiger partial charge in [0.1, 0.15) is 0 Å². The molecule has 0 aliphatic heterocycles. The molecule has 2 nitrogen and oxygen atoms in total. The fourth-order valence-electron chi connectivity index (χ4n) is 4.09. The van der Waals surface area contributed by atoms with Gasteiger partial charge in [-0.25, -0.2) is 0 Å². The number of hydrogen-bond donors (Lipinski definition) is 0. The summed E-state index contributed by atoms with van der Waals surface area (Å²) in [5, 5.41) is 2.20. The topological polar surface area (TPSA) is 22.0 Å². The van der Waals surface area contributed by atoms with Crippen LogP contribution in [0.5, 0.6) is 0 Å². The van der Waals surface area contributed by atoms with E-state index in [-0.39, 0.29) is 13.6 Å². The Hall–Kier alpha value is -2.44. The van der Waals surface area contributed by atoms with E-state index in [0.717, 1.165) is 18.5 Å². The van der Waals surface area contributed by atoms with E-state index >= 15 is 0 Å². The predicted octanol–water partition coefficient (Wildman–Crippen LogP) is 6.82. The molecule has 0 amide bonds. The standard InChI is InChI=1S/C23H22NOP/c1-3-23(4-2,26-25)19-13-7-10-16-22(19)24-20-14-8-5-11-17(20)18-12-6-9-15-21(18)24/h5-16H,3-4H2,1-2H3/p+1. The molecule has 1 unspecified atom stereocenters. The minimum absolute atomic E-state index is 0.303. The van der Waals surface area contributed by atoms with Gasteiger partial charge >= 0.3 is 8.46 Å². The third kappa shape index (κ3) is 2.40. The maximum absolute atomic E-state index is 12.3. The molecule has 3 aromatic carbocycles. The first-order valence-electron chi connectivity index (χ1n) is 9.23. The van der Waals surface area contributed by atoms with Crippen molar-refractivity contribution in [2.45, 2.75) is 31.8 Å². The number of rotatable bonds is 5. The highest BCUT2D eigenvalue weighted by Gasteiger charge is 2.39. The van der Waals surface area contributed by atoms with Gasteiger partial charge in [-0.15, -0.1) is 0 Å². The second-order valence-electron chi connectivity index (χ2n) is 6.78.